The monoisotopic (exact) mass is 405 g/mol. The smallest absolute Gasteiger partial charge is 0.253 e. The molecule has 3 rings (SSSR count). The molecule has 0 atom stereocenters. The molecule has 2 aromatic carbocycles. The first-order valence-corrected chi connectivity index (χ1v) is 10.7. The summed E-state index contributed by atoms with van der Waals surface area (Å²) in [6.45, 7) is 3.56. The van der Waals surface area contributed by atoms with Crippen LogP contribution in [0.15, 0.2) is 53.4 Å². The van der Waals surface area contributed by atoms with Crippen LogP contribution in [0, 0.1) is 5.82 Å². The van der Waals surface area contributed by atoms with Crippen LogP contribution in [0.4, 0.5) is 4.39 Å². The zero-order valence-corrected chi connectivity index (χ0v) is 16.6. The minimum Gasteiger partial charge on any atom is -0.337 e. The van der Waals surface area contributed by atoms with Crippen molar-refractivity contribution in [3.05, 3.63) is 65.5 Å². The van der Waals surface area contributed by atoms with Crippen LogP contribution in [0.2, 0.25) is 0 Å². The van der Waals surface area contributed by atoms with Crippen LogP contribution in [-0.4, -0.2) is 57.4 Å². The van der Waals surface area contributed by atoms with E-state index in [2.05, 4.69) is 9.62 Å². The molecule has 8 heteroatoms. The first-order chi connectivity index (χ1) is 13.4. The third kappa shape index (κ3) is 4.95. The summed E-state index contributed by atoms with van der Waals surface area (Å²) in [7, 11) is -2.17. The van der Waals surface area contributed by atoms with Gasteiger partial charge in [0, 0.05) is 38.3 Å². The Morgan fingerprint density at radius 3 is 2.32 bits per heavy atom. The Hall–Kier alpha value is -2.29. The number of amides is 1. The van der Waals surface area contributed by atoms with E-state index >= 15 is 0 Å². The van der Waals surface area contributed by atoms with Crippen molar-refractivity contribution in [2.75, 3.05) is 33.2 Å². The van der Waals surface area contributed by atoms with E-state index in [0.29, 0.717) is 18.7 Å². The van der Waals surface area contributed by atoms with Crippen molar-refractivity contribution in [1.29, 1.82) is 0 Å². The minimum atomic E-state index is -3.52. The van der Waals surface area contributed by atoms with Gasteiger partial charge in [-0.15, -0.1) is 0 Å². The summed E-state index contributed by atoms with van der Waals surface area (Å²) in [5, 5.41) is 0. The molecule has 1 fully saturated rings. The Labute approximate surface area is 165 Å². The summed E-state index contributed by atoms with van der Waals surface area (Å²) in [6.07, 6.45) is 0.846. The number of benzene rings is 2. The van der Waals surface area contributed by atoms with Crippen LogP contribution >= 0.6 is 0 Å². The fraction of sp³-hybridized carbons (Fsp3) is 0.350. The molecular weight excluding hydrogens is 381 g/mol. The molecule has 1 saturated heterocycles. The molecule has 0 bridgehead atoms. The highest BCUT2D eigenvalue weighted by Gasteiger charge is 2.21. The number of carbonyl (C=O) groups is 1. The van der Waals surface area contributed by atoms with Crippen LogP contribution in [0.1, 0.15) is 22.3 Å². The Morgan fingerprint density at radius 1 is 1.00 bits per heavy atom. The van der Waals surface area contributed by atoms with Crippen molar-refractivity contribution in [2.45, 2.75) is 17.9 Å². The van der Waals surface area contributed by atoms with Crippen LogP contribution in [-0.2, 0) is 16.6 Å². The predicted octanol–water partition coefficient (Wildman–Crippen LogP) is 2.08. The zero-order valence-electron chi connectivity index (χ0n) is 15.8. The van der Waals surface area contributed by atoms with Crippen LogP contribution < -0.4 is 4.72 Å². The number of rotatable bonds is 5. The first kappa shape index (κ1) is 20.4. The van der Waals surface area contributed by atoms with Gasteiger partial charge in [-0.3, -0.25) is 9.69 Å². The van der Waals surface area contributed by atoms with Crippen molar-refractivity contribution in [1.82, 2.24) is 14.5 Å². The molecule has 2 aromatic rings. The number of halogens is 1. The van der Waals surface area contributed by atoms with E-state index in [1.165, 1.54) is 31.3 Å². The Balaban J connectivity index is 1.61. The lowest BCUT2D eigenvalue weighted by Gasteiger charge is -2.22. The standard InChI is InChI=1S/C20H24FN3O3S/c1-22-28(26,27)19-9-5-17(6-10-19)20(25)24-12-2-11-23(13-14-24)15-16-3-7-18(21)8-4-16/h3-10,22H,2,11-15H2,1H3. The fourth-order valence-electron chi connectivity index (χ4n) is 3.26. The van der Waals surface area contributed by atoms with Crippen molar-refractivity contribution in [2.24, 2.45) is 0 Å². The van der Waals surface area contributed by atoms with Gasteiger partial charge >= 0.3 is 0 Å². The number of nitrogens with zero attached hydrogens (tertiary/aromatic N) is 2. The lowest BCUT2D eigenvalue weighted by molar-refractivity contribution is 0.0761. The van der Waals surface area contributed by atoms with Gasteiger partial charge in [-0.2, -0.15) is 0 Å². The highest BCUT2D eigenvalue weighted by molar-refractivity contribution is 7.89. The van der Waals surface area contributed by atoms with E-state index in [0.717, 1.165) is 31.6 Å². The predicted molar refractivity (Wildman–Crippen MR) is 105 cm³/mol. The van der Waals surface area contributed by atoms with E-state index in [-0.39, 0.29) is 16.6 Å². The second-order valence-corrected chi connectivity index (χ2v) is 8.67. The van der Waals surface area contributed by atoms with Crippen molar-refractivity contribution < 1.29 is 17.6 Å². The third-order valence-corrected chi connectivity index (χ3v) is 6.31. The van der Waals surface area contributed by atoms with Gasteiger partial charge in [0.05, 0.1) is 4.90 Å². The lowest BCUT2D eigenvalue weighted by atomic mass is 10.2. The highest BCUT2D eigenvalue weighted by Crippen LogP contribution is 2.15. The summed E-state index contributed by atoms with van der Waals surface area (Å²) in [6, 6.07) is 12.5. The molecule has 1 amide bonds. The van der Waals surface area contributed by atoms with Gasteiger partial charge < -0.3 is 4.90 Å². The normalized spacial score (nSPS) is 16.0. The van der Waals surface area contributed by atoms with E-state index in [9.17, 15) is 17.6 Å². The summed E-state index contributed by atoms with van der Waals surface area (Å²) in [5.41, 5.74) is 1.52. The van der Waals surface area contributed by atoms with E-state index in [1.807, 2.05) is 0 Å². The highest BCUT2D eigenvalue weighted by atomic mass is 32.2. The number of carbonyl (C=O) groups excluding carboxylic acids is 1. The maximum absolute atomic E-state index is 13.0. The number of hydrogen-bond acceptors (Lipinski definition) is 4. The Bertz CT molecular complexity index is 915. The van der Waals surface area contributed by atoms with Crippen molar-refractivity contribution in [3.8, 4) is 0 Å². The summed E-state index contributed by atoms with van der Waals surface area (Å²) >= 11 is 0. The van der Waals surface area contributed by atoms with Crippen LogP contribution in [0.25, 0.3) is 0 Å². The van der Waals surface area contributed by atoms with Crippen molar-refractivity contribution in [3.63, 3.8) is 0 Å². The second kappa shape index (κ2) is 8.81. The van der Waals surface area contributed by atoms with Gasteiger partial charge in [-0.25, -0.2) is 17.5 Å². The van der Waals surface area contributed by atoms with E-state index in [1.54, 1.807) is 29.2 Å². The molecule has 0 radical (unpaired) electrons. The average Bonchev–Trinajstić information content (AvgIpc) is 2.95. The molecule has 150 valence electrons. The molecule has 1 aliphatic heterocycles. The van der Waals surface area contributed by atoms with Crippen molar-refractivity contribution >= 4 is 15.9 Å². The summed E-state index contributed by atoms with van der Waals surface area (Å²) in [4.78, 5) is 17.0. The maximum Gasteiger partial charge on any atom is 0.253 e. The molecule has 0 aliphatic carbocycles. The van der Waals surface area contributed by atoms with Gasteiger partial charge in [0.15, 0.2) is 0 Å². The molecule has 28 heavy (non-hydrogen) atoms. The van der Waals surface area contributed by atoms with Gasteiger partial charge in [0.25, 0.3) is 5.91 Å². The minimum absolute atomic E-state index is 0.1000. The number of nitrogens with one attached hydrogen (secondary N) is 1. The molecule has 0 spiro atoms. The van der Waals surface area contributed by atoms with Gasteiger partial charge in [0.1, 0.15) is 5.82 Å². The van der Waals surface area contributed by atoms with E-state index < -0.39 is 10.0 Å². The number of sulfonamides is 1. The Morgan fingerprint density at radius 2 is 1.68 bits per heavy atom. The molecule has 1 aliphatic rings. The SMILES string of the molecule is CNS(=O)(=O)c1ccc(C(=O)N2CCCN(Cc3ccc(F)cc3)CC2)cc1. The molecule has 1 heterocycles. The molecule has 0 aromatic heterocycles. The van der Waals surface area contributed by atoms with Gasteiger partial charge in [-0.1, -0.05) is 12.1 Å². The zero-order chi connectivity index (χ0) is 20.1. The summed E-state index contributed by atoms with van der Waals surface area (Å²) in [5.74, 6) is -0.345. The quantitative estimate of drug-likeness (QED) is 0.827. The largest absolute Gasteiger partial charge is 0.337 e. The molecule has 1 N–H and O–H groups in total. The lowest BCUT2D eigenvalue weighted by Crippen LogP contribution is -2.35. The average molecular weight is 405 g/mol. The molecule has 6 nitrogen and oxygen atoms in total. The third-order valence-electron chi connectivity index (χ3n) is 4.88. The fourth-order valence-corrected chi connectivity index (χ4v) is 3.99. The van der Waals surface area contributed by atoms with Crippen LogP contribution in [0.5, 0.6) is 0 Å². The molecular formula is C20H24FN3O3S. The summed E-state index contributed by atoms with van der Waals surface area (Å²) < 4.78 is 38.9. The number of hydrogen-bond donors (Lipinski definition) is 1. The maximum atomic E-state index is 13.0. The topological polar surface area (TPSA) is 69.7 Å². The van der Waals surface area contributed by atoms with E-state index in [4.69, 9.17) is 0 Å². The molecule has 0 unspecified atom stereocenters. The van der Waals surface area contributed by atoms with Crippen LogP contribution in [0.3, 0.4) is 0 Å². The first-order valence-electron chi connectivity index (χ1n) is 9.19. The molecule has 0 saturated carbocycles. The van der Waals surface area contributed by atoms with Gasteiger partial charge in [0.2, 0.25) is 10.0 Å². The van der Waals surface area contributed by atoms with Gasteiger partial charge in [-0.05, 0) is 55.4 Å². The second-order valence-electron chi connectivity index (χ2n) is 6.78. The Kier molecular flexibility index (Phi) is 6.43.